The number of benzene rings is 1. The van der Waals surface area contributed by atoms with Gasteiger partial charge in [0.1, 0.15) is 23.5 Å². The average Bonchev–Trinajstić information content (AvgIpc) is 3.52. The molecule has 33 heavy (non-hydrogen) atoms. The molecule has 0 saturated heterocycles. The molecule has 0 aliphatic heterocycles. The summed E-state index contributed by atoms with van der Waals surface area (Å²) in [7, 11) is 1.57. The smallest absolute Gasteiger partial charge is 0.268 e. The summed E-state index contributed by atoms with van der Waals surface area (Å²) >= 11 is 0. The van der Waals surface area contributed by atoms with Crippen LogP contribution in [0.1, 0.15) is 35.4 Å². The van der Waals surface area contributed by atoms with Gasteiger partial charge in [0, 0.05) is 29.2 Å². The number of carbonyl (C=O) groups excluding carboxylic acids is 3. The number of hydrogen-bond donors (Lipinski definition) is 4. The molecular weight excluding hydrogens is 422 g/mol. The Kier molecular flexibility index (Phi) is 6.58. The minimum Gasteiger partial charge on any atom is -0.496 e. The molecule has 1 aliphatic rings. The Morgan fingerprint density at radius 3 is 2.64 bits per heavy atom. The zero-order valence-corrected chi connectivity index (χ0v) is 18.3. The molecule has 172 valence electrons. The summed E-state index contributed by atoms with van der Waals surface area (Å²) in [6.45, 7) is 0. The zero-order valence-electron chi connectivity index (χ0n) is 18.3. The van der Waals surface area contributed by atoms with Gasteiger partial charge in [0.15, 0.2) is 0 Å². The second-order valence-electron chi connectivity index (χ2n) is 8.30. The first-order valence-corrected chi connectivity index (χ1v) is 10.9. The Balaban J connectivity index is 1.48. The Bertz CT molecular complexity index is 1160. The number of hydrogen-bond acceptors (Lipinski definition) is 5. The lowest BCUT2D eigenvalue weighted by molar-refractivity contribution is -0.128. The van der Waals surface area contributed by atoms with Gasteiger partial charge in [-0.2, -0.15) is 0 Å². The van der Waals surface area contributed by atoms with Crippen LogP contribution in [0.25, 0.3) is 10.9 Å². The van der Waals surface area contributed by atoms with E-state index in [4.69, 9.17) is 10.5 Å². The van der Waals surface area contributed by atoms with Gasteiger partial charge in [-0.25, -0.2) is 0 Å². The molecule has 0 unspecified atom stereocenters. The quantitative estimate of drug-likeness (QED) is 0.373. The summed E-state index contributed by atoms with van der Waals surface area (Å²) in [6, 6.07) is 10.8. The maximum Gasteiger partial charge on any atom is 0.268 e. The second-order valence-corrected chi connectivity index (χ2v) is 8.30. The predicted molar refractivity (Wildman–Crippen MR) is 123 cm³/mol. The highest BCUT2D eigenvalue weighted by Crippen LogP contribution is 2.33. The van der Waals surface area contributed by atoms with Gasteiger partial charge in [-0.1, -0.05) is 25.0 Å². The number of aromatic nitrogens is 2. The number of rotatable bonds is 10. The van der Waals surface area contributed by atoms with Crippen LogP contribution in [0.3, 0.4) is 0 Å². The number of nitrogens with two attached hydrogens (primary N) is 1. The molecule has 0 spiro atoms. The van der Waals surface area contributed by atoms with Gasteiger partial charge >= 0.3 is 0 Å². The van der Waals surface area contributed by atoms with E-state index in [1.165, 1.54) is 0 Å². The summed E-state index contributed by atoms with van der Waals surface area (Å²) in [4.78, 5) is 45.3. The van der Waals surface area contributed by atoms with Crippen LogP contribution in [-0.2, 0) is 16.0 Å². The molecule has 2 atom stereocenters. The Labute approximate surface area is 191 Å². The van der Waals surface area contributed by atoms with E-state index in [2.05, 4.69) is 20.6 Å². The molecule has 3 amide bonds. The number of methoxy groups -OCH3 is 1. The van der Waals surface area contributed by atoms with E-state index in [0.29, 0.717) is 29.5 Å². The summed E-state index contributed by atoms with van der Waals surface area (Å²) < 4.78 is 5.35. The maximum atomic E-state index is 13.1. The minimum atomic E-state index is -0.927. The van der Waals surface area contributed by atoms with Crippen molar-refractivity contribution >= 4 is 28.6 Å². The number of primary amides is 1. The normalized spacial score (nSPS) is 14.9. The SMILES string of the molecule is COc1cccc2[nH]c(C(=O)N[C@@H](CC3CC3)C(=O)N[C@@H](Cc3ccccn3)C(N)=O)cc12. The monoisotopic (exact) mass is 449 g/mol. The number of pyridine rings is 1. The standard InChI is InChI=1S/C24H27N5O4/c1-33-21-7-4-6-17-16(21)13-20(27-17)24(32)29-19(11-14-8-9-14)23(31)28-18(22(25)30)12-15-5-2-3-10-26-15/h2-7,10,13-14,18-19,27H,8-9,11-12H2,1H3,(H2,25,30)(H,28,31)(H,29,32)/t18-,19-/m0/s1. The van der Waals surface area contributed by atoms with Crippen molar-refractivity contribution in [2.45, 2.75) is 37.8 Å². The highest BCUT2D eigenvalue weighted by Gasteiger charge is 2.32. The molecule has 9 heteroatoms. The lowest BCUT2D eigenvalue weighted by Crippen LogP contribution is -2.53. The van der Waals surface area contributed by atoms with Crippen LogP contribution in [-0.4, -0.2) is 46.9 Å². The van der Waals surface area contributed by atoms with Crippen LogP contribution in [0.15, 0.2) is 48.7 Å². The van der Waals surface area contributed by atoms with Gasteiger partial charge in [0.05, 0.1) is 7.11 Å². The van der Waals surface area contributed by atoms with Crippen molar-refractivity contribution in [1.82, 2.24) is 20.6 Å². The predicted octanol–water partition coefficient (Wildman–Crippen LogP) is 1.68. The Hall–Kier alpha value is -3.88. The van der Waals surface area contributed by atoms with Crippen LogP contribution in [0, 0.1) is 5.92 Å². The molecule has 4 rings (SSSR count). The maximum absolute atomic E-state index is 13.1. The second kappa shape index (κ2) is 9.72. The van der Waals surface area contributed by atoms with Crippen molar-refractivity contribution < 1.29 is 19.1 Å². The first kappa shape index (κ1) is 22.3. The van der Waals surface area contributed by atoms with Crippen LogP contribution < -0.4 is 21.1 Å². The Morgan fingerprint density at radius 1 is 1.15 bits per heavy atom. The molecule has 1 aliphatic carbocycles. The van der Waals surface area contributed by atoms with Gasteiger partial charge in [-0.3, -0.25) is 19.4 Å². The van der Waals surface area contributed by atoms with Crippen molar-refractivity contribution in [1.29, 1.82) is 0 Å². The third-order valence-electron chi connectivity index (χ3n) is 5.78. The van der Waals surface area contributed by atoms with E-state index in [9.17, 15) is 14.4 Å². The molecular formula is C24H27N5O4. The topological polar surface area (TPSA) is 139 Å². The molecule has 2 heterocycles. The first-order chi connectivity index (χ1) is 15.9. The van der Waals surface area contributed by atoms with Crippen LogP contribution in [0.2, 0.25) is 0 Å². The minimum absolute atomic E-state index is 0.174. The van der Waals surface area contributed by atoms with E-state index in [-0.39, 0.29) is 6.42 Å². The number of aromatic amines is 1. The van der Waals surface area contributed by atoms with Gasteiger partial charge in [-0.15, -0.1) is 0 Å². The molecule has 9 nitrogen and oxygen atoms in total. The van der Waals surface area contributed by atoms with Crippen LogP contribution in [0.4, 0.5) is 0 Å². The molecule has 0 radical (unpaired) electrons. The molecule has 1 aromatic carbocycles. The fourth-order valence-corrected chi connectivity index (χ4v) is 3.81. The third-order valence-corrected chi connectivity index (χ3v) is 5.78. The van der Waals surface area contributed by atoms with Crippen LogP contribution in [0.5, 0.6) is 5.75 Å². The van der Waals surface area contributed by atoms with E-state index in [1.807, 2.05) is 18.2 Å². The lowest BCUT2D eigenvalue weighted by Gasteiger charge is -2.21. The summed E-state index contributed by atoms with van der Waals surface area (Å²) in [5.74, 6) is -0.494. The number of nitrogens with zero attached hydrogens (tertiary/aromatic N) is 1. The number of ether oxygens (including phenoxy) is 1. The van der Waals surface area contributed by atoms with E-state index in [1.54, 1.807) is 37.6 Å². The van der Waals surface area contributed by atoms with Gasteiger partial charge < -0.3 is 26.1 Å². The van der Waals surface area contributed by atoms with E-state index < -0.39 is 29.8 Å². The number of fused-ring (bicyclic) bond motifs is 1. The summed E-state index contributed by atoms with van der Waals surface area (Å²) in [5.41, 5.74) is 7.24. The zero-order chi connectivity index (χ0) is 23.4. The number of H-pyrrole nitrogens is 1. The molecule has 1 saturated carbocycles. The highest BCUT2D eigenvalue weighted by atomic mass is 16.5. The van der Waals surface area contributed by atoms with Crippen molar-refractivity contribution in [3.05, 3.63) is 60.0 Å². The van der Waals surface area contributed by atoms with Crippen molar-refractivity contribution in [3.8, 4) is 5.75 Å². The lowest BCUT2D eigenvalue weighted by atomic mass is 10.1. The fourth-order valence-electron chi connectivity index (χ4n) is 3.81. The first-order valence-electron chi connectivity index (χ1n) is 10.9. The van der Waals surface area contributed by atoms with Gasteiger partial charge in [-0.05, 0) is 42.7 Å². The Morgan fingerprint density at radius 2 is 1.97 bits per heavy atom. The van der Waals surface area contributed by atoms with Crippen molar-refractivity contribution in [2.75, 3.05) is 7.11 Å². The summed E-state index contributed by atoms with van der Waals surface area (Å²) in [6.07, 6.45) is 4.30. The molecule has 0 bridgehead atoms. The number of amides is 3. The highest BCUT2D eigenvalue weighted by molar-refractivity contribution is 6.01. The van der Waals surface area contributed by atoms with E-state index in [0.717, 1.165) is 23.7 Å². The van der Waals surface area contributed by atoms with Gasteiger partial charge in [0.25, 0.3) is 5.91 Å². The third kappa shape index (κ3) is 5.49. The van der Waals surface area contributed by atoms with Crippen molar-refractivity contribution in [2.24, 2.45) is 11.7 Å². The van der Waals surface area contributed by atoms with E-state index >= 15 is 0 Å². The molecule has 2 aromatic heterocycles. The molecule has 1 fully saturated rings. The number of nitrogens with one attached hydrogen (secondary N) is 3. The fraction of sp³-hybridized carbons (Fsp3) is 0.333. The average molecular weight is 450 g/mol. The largest absolute Gasteiger partial charge is 0.496 e. The number of carbonyl (C=O) groups is 3. The van der Waals surface area contributed by atoms with Gasteiger partial charge in [0.2, 0.25) is 11.8 Å². The van der Waals surface area contributed by atoms with Crippen LogP contribution >= 0.6 is 0 Å². The summed E-state index contributed by atoms with van der Waals surface area (Å²) in [5, 5.41) is 6.30. The van der Waals surface area contributed by atoms with Crippen molar-refractivity contribution in [3.63, 3.8) is 0 Å². The molecule has 5 N–H and O–H groups in total. The molecule has 3 aromatic rings.